The van der Waals surface area contributed by atoms with Crippen molar-refractivity contribution in [2.45, 2.75) is 57.5 Å². The van der Waals surface area contributed by atoms with Gasteiger partial charge in [0, 0.05) is 28.8 Å². The molecule has 45 heavy (non-hydrogen) atoms. The molecule has 3 atom stereocenters. The third-order valence-corrected chi connectivity index (χ3v) is 9.31. The maximum absolute atomic E-state index is 13.8. The van der Waals surface area contributed by atoms with Crippen LogP contribution in [0.15, 0.2) is 85.1 Å². The molecule has 0 spiro atoms. The minimum atomic E-state index is -0.473. The monoisotopic (exact) mass is 600 g/mol. The first-order valence-corrected chi connectivity index (χ1v) is 16.1. The number of likely N-dealkylation sites (tertiary alicyclic amines) is 1. The largest absolute Gasteiger partial charge is 0.355 e. The zero-order valence-corrected chi connectivity index (χ0v) is 25.8. The van der Waals surface area contributed by atoms with Crippen molar-refractivity contribution in [3.8, 4) is 22.5 Å². The number of aromatic nitrogens is 3. The second kappa shape index (κ2) is 12.4. The standard InChI is InChI=1S/C37H40N6O2/c1-23(2)34(26-8-4-3-5-9-26)37(45)43-19-7-11-33(43)36(44)40-28-16-17-29-27(20-28)21-31(41-29)24-12-14-25(15-13-24)32-22-39-35(42-32)30-10-6-18-38-30/h3-5,8-9,12-17,20-23,30,33-34,38,41H,6-7,10-11,18-19H2,1-2H3,(H,39,42)(H,40,44)/t30-,33-,34+/m0/s1. The lowest BCUT2D eigenvalue weighted by Crippen LogP contribution is -2.46. The van der Waals surface area contributed by atoms with Crippen LogP contribution >= 0.6 is 0 Å². The molecule has 5 aromatic rings. The molecule has 8 nitrogen and oxygen atoms in total. The van der Waals surface area contributed by atoms with Gasteiger partial charge in [0.2, 0.25) is 11.8 Å². The highest BCUT2D eigenvalue weighted by Gasteiger charge is 2.38. The van der Waals surface area contributed by atoms with Crippen LogP contribution in [0, 0.1) is 5.92 Å². The second-order valence-corrected chi connectivity index (χ2v) is 12.7. The van der Waals surface area contributed by atoms with Crippen LogP contribution in [0.5, 0.6) is 0 Å². The van der Waals surface area contributed by atoms with Gasteiger partial charge in [-0.25, -0.2) is 4.98 Å². The normalized spacial score (nSPS) is 19.0. The average Bonchev–Trinajstić information content (AvgIpc) is 3.88. The number of imidazole rings is 1. The summed E-state index contributed by atoms with van der Waals surface area (Å²) in [5, 5.41) is 7.61. The van der Waals surface area contributed by atoms with Crippen LogP contribution in [-0.2, 0) is 9.59 Å². The van der Waals surface area contributed by atoms with Crippen molar-refractivity contribution in [2.24, 2.45) is 5.92 Å². The molecular formula is C37H40N6O2. The highest BCUT2D eigenvalue weighted by Crippen LogP contribution is 2.32. The van der Waals surface area contributed by atoms with Crippen molar-refractivity contribution in [2.75, 3.05) is 18.4 Å². The van der Waals surface area contributed by atoms with E-state index in [9.17, 15) is 9.59 Å². The fourth-order valence-corrected chi connectivity index (χ4v) is 6.95. The summed E-state index contributed by atoms with van der Waals surface area (Å²) in [4.78, 5) is 40.7. The van der Waals surface area contributed by atoms with Gasteiger partial charge in [0.1, 0.15) is 11.9 Å². The van der Waals surface area contributed by atoms with Crippen LogP contribution in [0.25, 0.3) is 33.4 Å². The van der Waals surface area contributed by atoms with Gasteiger partial charge in [0.25, 0.3) is 0 Å². The number of carbonyl (C=O) groups is 2. The van der Waals surface area contributed by atoms with Crippen LogP contribution in [0.4, 0.5) is 5.69 Å². The number of nitrogens with one attached hydrogen (secondary N) is 4. The van der Waals surface area contributed by atoms with Gasteiger partial charge >= 0.3 is 0 Å². The Kier molecular flexibility index (Phi) is 7.98. The van der Waals surface area contributed by atoms with Gasteiger partial charge in [-0.05, 0) is 79.1 Å². The fraction of sp³-hybridized carbons (Fsp3) is 0.324. The summed E-state index contributed by atoms with van der Waals surface area (Å²) >= 11 is 0. The van der Waals surface area contributed by atoms with E-state index in [0.29, 0.717) is 19.0 Å². The summed E-state index contributed by atoms with van der Waals surface area (Å²) in [6, 6.07) is 26.2. The molecule has 0 bridgehead atoms. The van der Waals surface area contributed by atoms with Gasteiger partial charge in [0.15, 0.2) is 0 Å². The van der Waals surface area contributed by atoms with Crippen LogP contribution in [0.1, 0.15) is 62.9 Å². The third-order valence-electron chi connectivity index (χ3n) is 9.31. The second-order valence-electron chi connectivity index (χ2n) is 12.7. The van der Waals surface area contributed by atoms with E-state index in [4.69, 9.17) is 0 Å². The molecule has 2 aliphatic rings. The molecule has 0 saturated carbocycles. The molecule has 0 aliphatic carbocycles. The van der Waals surface area contributed by atoms with E-state index in [0.717, 1.165) is 69.9 Å². The SMILES string of the molecule is CC(C)[C@@H](C(=O)N1CCC[C@H]1C(=O)Nc1ccc2[nH]c(-c3ccc(-c4cnc([C@@H]5CCCN5)[nH]4)cc3)cc2c1)c1ccccc1. The van der Waals surface area contributed by atoms with Crippen molar-refractivity contribution >= 4 is 28.4 Å². The van der Waals surface area contributed by atoms with Crippen LogP contribution in [0.2, 0.25) is 0 Å². The lowest BCUT2D eigenvalue weighted by molar-refractivity contribution is -0.138. The molecular weight excluding hydrogens is 560 g/mol. The van der Waals surface area contributed by atoms with Gasteiger partial charge in [-0.3, -0.25) is 9.59 Å². The Morgan fingerprint density at radius 1 is 0.889 bits per heavy atom. The van der Waals surface area contributed by atoms with Gasteiger partial charge < -0.3 is 25.5 Å². The molecule has 2 amide bonds. The predicted octanol–water partition coefficient (Wildman–Crippen LogP) is 7.02. The Labute approximate surface area is 263 Å². The Bertz CT molecular complexity index is 1800. The molecule has 230 valence electrons. The molecule has 2 saturated heterocycles. The Balaban J connectivity index is 1.04. The molecule has 0 unspecified atom stereocenters. The number of carbonyl (C=O) groups excluding carboxylic acids is 2. The van der Waals surface area contributed by atoms with Gasteiger partial charge in [-0.1, -0.05) is 68.4 Å². The topological polar surface area (TPSA) is 106 Å². The first kappa shape index (κ1) is 29.0. The average molecular weight is 601 g/mol. The highest BCUT2D eigenvalue weighted by molar-refractivity contribution is 6.00. The summed E-state index contributed by atoms with van der Waals surface area (Å²) in [5.41, 5.74) is 6.92. The van der Waals surface area contributed by atoms with Crippen molar-refractivity contribution in [3.63, 3.8) is 0 Å². The maximum atomic E-state index is 13.8. The number of aromatic amines is 2. The zero-order valence-electron chi connectivity index (χ0n) is 25.8. The number of H-pyrrole nitrogens is 2. The molecule has 2 aliphatic heterocycles. The maximum Gasteiger partial charge on any atom is 0.247 e. The third kappa shape index (κ3) is 5.90. The van der Waals surface area contributed by atoms with Crippen LogP contribution in [0.3, 0.4) is 0 Å². The number of rotatable bonds is 8. The molecule has 8 heteroatoms. The lowest BCUT2D eigenvalue weighted by Gasteiger charge is -2.30. The molecule has 2 fully saturated rings. The summed E-state index contributed by atoms with van der Waals surface area (Å²) in [6.45, 7) is 5.78. The number of hydrogen-bond donors (Lipinski definition) is 4. The molecule has 4 N–H and O–H groups in total. The van der Waals surface area contributed by atoms with Gasteiger partial charge in [-0.2, -0.15) is 0 Å². The van der Waals surface area contributed by atoms with Crippen molar-refractivity contribution in [3.05, 3.63) is 96.4 Å². The zero-order chi connectivity index (χ0) is 30.9. The summed E-state index contributed by atoms with van der Waals surface area (Å²) in [7, 11) is 0. The number of fused-ring (bicyclic) bond motifs is 1. The first-order chi connectivity index (χ1) is 21.9. The smallest absolute Gasteiger partial charge is 0.247 e. The predicted molar refractivity (Wildman–Crippen MR) is 179 cm³/mol. The molecule has 3 aromatic carbocycles. The van der Waals surface area contributed by atoms with E-state index in [1.807, 2.05) is 54.7 Å². The minimum absolute atomic E-state index is 0.0318. The van der Waals surface area contributed by atoms with Crippen LogP contribution in [-0.4, -0.2) is 50.8 Å². The Hall–Kier alpha value is -4.69. The fourth-order valence-electron chi connectivity index (χ4n) is 6.95. The van der Waals surface area contributed by atoms with E-state index >= 15 is 0 Å². The Morgan fingerprint density at radius 2 is 1.67 bits per heavy atom. The lowest BCUT2D eigenvalue weighted by atomic mass is 9.87. The number of amides is 2. The molecule has 4 heterocycles. The molecule has 7 rings (SSSR count). The Morgan fingerprint density at radius 3 is 2.40 bits per heavy atom. The summed E-state index contributed by atoms with van der Waals surface area (Å²) < 4.78 is 0. The highest BCUT2D eigenvalue weighted by atomic mass is 16.2. The number of anilines is 1. The van der Waals surface area contributed by atoms with E-state index in [-0.39, 0.29) is 23.7 Å². The minimum Gasteiger partial charge on any atom is -0.355 e. The first-order valence-electron chi connectivity index (χ1n) is 16.1. The van der Waals surface area contributed by atoms with Crippen molar-refractivity contribution < 1.29 is 9.59 Å². The number of benzene rings is 3. The molecule has 2 aromatic heterocycles. The number of nitrogens with zero attached hydrogens (tertiary/aromatic N) is 2. The van der Waals surface area contributed by atoms with Gasteiger partial charge in [0.05, 0.1) is 23.9 Å². The summed E-state index contributed by atoms with van der Waals surface area (Å²) in [6.07, 6.45) is 5.70. The van der Waals surface area contributed by atoms with E-state index in [2.05, 4.69) is 69.8 Å². The quantitative estimate of drug-likeness (QED) is 0.154. The van der Waals surface area contributed by atoms with Crippen molar-refractivity contribution in [1.29, 1.82) is 0 Å². The number of hydrogen-bond acceptors (Lipinski definition) is 4. The van der Waals surface area contributed by atoms with Gasteiger partial charge in [-0.15, -0.1) is 0 Å². The summed E-state index contributed by atoms with van der Waals surface area (Å²) in [5.74, 6) is 0.763. The van der Waals surface area contributed by atoms with E-state index in [1.54, 1.807) is 4.90 Å². The van der Waals surface area contributed by atoms with Crippen molar-refractivity contribution in [1.82, 2.24) is 25.2 Å². The van der Waals surface area contributed by atoms with E-state index < -0.39 is 6.04 Å². The van der Waals surface area contributed by atoms with E-state index in [1.165, 1.54) is 6.42 Å². The van der Waals surface area contributed by atoms with Crippen LogP contribution < -0.4 is 10.6 Å². The molecule has 0 radical (unpaired) electrons.